The Kier molecular flexibility index (Phi) is 3.70. The van der Waals surface area contributed by atoms with E-state index in [0.717, 1.165) is 32.6 Å². The van der Waals surface area contributed by atoms with Crippen molar-refractivity contribution in [3.05, 3.63) is 48.5 Å². The molecule has 2 fully saturated rings. The van der Waals surface area contributed by atoms with Gasteiger partial charge in [-0.15, -0.1) is 0 Å². The van der Waals surface area contributed by atoms with Gasteiger partial charge in [-0.3, -0.25) is 4.68 Å². The van der Waals surface area contributed by atoms with Crippen molar-refractivity contribution < 1.29 is 9.47 Å². The minimum atomic E-state index is -0.188. The third-order valence-corrected chi connectivity index (χ3v) is 5.74. The van der Waals surface area contributed by atoms with Gasteiger partial charge >= 0.3 is 0 Å². The number of benzene rings is 1. The maximum Gasteiger partial charge on any atom is 0.137 e. The standard InChI is InChI=1S/C18H23N3O2/c1-22-11-17-8-7-16(9-15-5-3-2-4-6-15)18(17,23-12-17)10-21-14-19-13-20-21/h2-6,13-14,16H,7-12H2,1H3. The Bertz CT molecular complexity index is 646. The molecular weight excluding hydrogens is 290 g/mol. The van der Waals surface area contributed by atoms with Crippen LogP contribution in [0.25, 0.3) is 0 Å². The van der Waals surface area contributed by atoms with Crippen LogP contribution in [0, 0.1) is 11.3 Å². The molecular formula is C18H23N3O2. The Labute approximate surface area is 136 Å². The van der Waals surface area contributed by atoms with Crippen LogP contribution in [0.2, 0.25) is 0 Å². The van der Waals surface area contributed by atoms with Crippen LogP contribution in [0.1, 0.15) is 18.4 Å². The van der Waals surface area contributed by atoms with E-state index in [4.69, 9.17) is 9.47 Å². The van der Waals surface area contributed by atoms with Gasteiger partial charge in [0.15, 0.2) is 0 Å². The van der Waals surface area contributed by atoms with Crippen molar-refractivity contribution in [2.75, 3.05) is 20.3 Å². The third-order valence-electron chi connectivity index (χ3n) is 5.74. The van der Waals surface area contributed by atoms with Gasteiger partial charge in [0.2, 0.25) is 0 Å². The fraction of sp³-hybridized carbons (Fsp3) is 0.556. The Balaban J connectivity index is 1.63. The number of rotatable bonds is 6. The van der Waals surface area contributed by atoms with Crippen LogP contribution < -0.4 is 0 Å². The predicted octanol–water partition coefficient (Wildman–Crippen LogP) is 2.33. The number of nitrogens with zero attached hydrogens (tertiary/aromatic N) is 3. The maximum absolute atomic E-state index is 6.29. The summed E-state index contributed by atoms with van der Waals surface area (Å²) in [7, 11) is 1.79. The molecule has 5 nitrogen and oxygen atoms in total. The molecule has 1 saturated carbocycles. The molecule has 0 N–H and O–H groups in total. The minimum absolute atomic E-state index is 0.118. The summed E-state index contributed by atoms with van der Waals surface area (Å²) in [5.74, 6) is 0.484. The molecule has 0 spiro atoms. The Morgan fingerprint density at radius 3 is 2.87 bits per heavy atom. The van der Waals surface area contributed by atoms with Gasteiger partial charge in [-0.1, -0.05) is 30.3 Å². The lowest BCUT2D eigenvalue weighted by Gasteiger charge is -2.57. The van der Waals surface area contributed by atoms with Gasteiger partial charge in [0.05, 0.1) is 19.8 Å². The fourth-order valence-electron chi connectivity index (χ4n) is 4.56. The first-order chi connectivity index (χ1) is 11.3. The number of fused-ring (bicyclic) bond motifs is 1. The van der Waals surface area contributed by atoms with Gasteiger partial charge in [0.25, 0.3) is 0 Å². The van der Waals surface area contributed by atoms with Gasteiger partial charge < -0.3 is 9.47 Å². The van der Waals surface area contributed by atoms with Gasteiger partial charge in [0.1, 0.15) is 18.3 Å². The number of methoxy groups -OCH3 is 1. The first kappa shape index (κ1) is 14.8. The SMILES string of the molecule is COCC12CCC(Cc3ccccc3)C1(Cn1cncn1)OC2. The first-order valence-corrected chi connectivity index (χ1v) is 8.27. The minimum Gasteiger partial charge on any atom is -0.384 e. The molecule has 0 bridgehead atoms. The molecule has 122 valence electrons. The zero-order valence-corrected chi connectivity index (χ0v) is 13.5. The maximum atomic E-state index is 6.29. The lowest BCUT2D eigenvalue weighted by Crippen LogP contribution is -2.66. The van der Waals surface area contributed by atoms with E-state index in [2.05, 4.69) is 40.4 Å². The number of hydrogen-bond acceptors (Lipinski definition) is 4. The number of hydrogen-bond donors (Lipinski definition) is 0. The number of ether oxygens (including phenoxy) is 2. The van der Waals surface area contributed by atoms with Crippen molar-refractivity contribution >= 4 is 0 Å². The van der Waals surface area contributed by atoms with Gasteiger partial charge in [-0.05, 0) is 30.7 Å². The summed E-state index contributed by atoms with van der Waals surface area (Å²) in [6.07, 6.45) is 6.75. The lowest BCUT2D eigenvalue weighted by atomic mass is 9.66. The second kappa shape index (κ2) is 5.73. The summed E-state index contributed by atoms with van der Waals surface area (Å²) in [4.78, 5) is 4.09. The van der Waals surface area contributed by atoms with E-state index >= 15 is 0 Å². The van der Waals surface area contributed by atoms with Crippen molar-refractivity contribution in [2.24, 2.45) is 11.3 Å². The van der Waals surface area contributed by atoms with Crippen LogP contribution >= 0.6 is 0 Å². The second-order valence-corrected chi connectivity index (χ2v) is 6.91. The van der Waals surface area contributed by atoms with E-state index in [1.165, 1.54) is 12.0 Å². The molecule has 3 unspecified atom stereocenters. The zero-order valence-electron chi connectivity index (χ0n) is 13.5. The summed E-state index contributed by atoms with van der Waals surface area (Å²) in [6.45, 7) is 2.31. The summed E-state index contributed by atoms with van der Waals surface area (Å²) in [5.41, 5.74) is 1.30. The Morgan fingerprint density at radius 1 is 1.35 bits per heavy atom. The van der Waals surface area contributed by atoms with E-state index in [1.807, 2.05) is 4.68 Å². The quantitative estimate of drug-likeness (QED) is 0.821. The summed E-state index contributed by atoms with van der Waals surface area (Å²) in [6, 6.07) is 10.7. The molecule has 2 aromatic rings. The smallest absolute Gasteiger partial charge is 0.137 e. The summed E-state index contributed by atoms with van der Waals surface area (Å²) in [5, 5.41) is 4.31. The molecule has 1 aromatic carbocycles. The molecule has 2 aliphatic rings. The van der Waals surface area contributed by atoms with E-state index < -0.39 is 0 Å². The molecule has 1 aliphatic carbocycles. The molecule has 0 amide bonds. The van der Waals surface area contributed by atoms with Gasteiger partial charge in [-0.25, -0.2) is 4.98 Å². The van der Waals surface area contributed by atoms with E-state index in [9.17, 15) is 0 Å². The Hall–Kier alpha value is -1.72. The zero-order chi connectivity index (χ0) is 15.8. The van der Waals surface area contributed by atoms with Crippen LogP contribution in [-0.2, 0) is 22.4 Å². The van der Waals surface area contributed by atoms with Crippen LogP contribution in [0.3, 0.4) is 0 Å². The van der Waals surface area contributed by atoms with Crippen LogP contribution in [-0.4, -0.2) is 40.7 Å². The molecule has 1 saturated heterocycles. The van der Waals surface area contributed by atoms with E-state index in [1.54, 1.807) is 19.8 Å². The van der Waals surface area contributed by atoms with Gasteiger partial charge in [-0.2, -0.15) is 5.10 Å². The molecule has 1 aromatic heterocycles. The second-order valence-electron chi connectivity index (χ2n) is 6.91. The molecule has 4 rings (SSSR count). The summed E-state index contributed by atoms with van der Waals surface area (Å²) >= 11 is 0. The molecule has 5 heteroatoms. The summed E-state index contributed by atoms with van der Waals surface area (Å²) < 4.78 is 13.8. The van der Waals surface area contributed by atoms with Crippen LogP contribution in [0.15, 0.2) is 43.0 Å². The highest BCUT2D eigenvalue weighted by Gasteiger charge is 2.68. The predicted molar refractivity (Wildman–Crippen MR) is 85.9 cm³/mol. The Morgan fingerprint density at radius 2 is 2.22 bits per heavy atom. The van der Waals surface area contributed by atoms with Crippen LogP contribution in [0.4, 0.5) is 0 Å². The highest BCUT2D eigenvalue weighted by atomic mass is 16.5. The van der Waals surface area contributed by atoms with Crippen molar-refractivity contribution in [3.63, 3.8) is 0 Å². The van der Waals surface area contributed by atoms with Crippen molar-refractivity contribution in [1.29, 1.82) is 0 Å². The highest BCUT2D eigenvalue weighted by molar-refractivity contribution is 5.21. The van der Waals surface area contributed by atoms with E-state index in [0.29, 0.717) is 5.92 Å². The third kappa shape index (κ3) is 2.30. The topological polar surface area (TPSA) is 49.2 Å². The van der Waals surface area contributed by atoms with Crippen molar-refractivity contribution in [3.8, 4) is 0 Å². The number of aromatic nitrogens is 3. The normalized spacial score (nSPS) is 32.5. The molecule has 23 heavy (non-hydrogen) atoms. The van der Waals surface area contributed by atoms with E-state index in [-0.39, 0.29) is 11.0 Å². The van der Waals surface area contributed by atoms with Gasteiger partial charge in [0, 0.05) is 12.5 Å². The lowest BCUT2D eigenvalue weighted by molar-refractivity contribution is -0.288. The average molecular weight is 313 g/mol. The largest absolute Gasteiger partial charge is 0.384 e. The van der Waals surface area contributed by atoms with Crippen molar-refractivity contribution in [2.45, 2.75) is 31.4 Å². The van der Waals surface area contributed by atoms with Crippen molar-refractivity contribution in [1.82, 2.24) is 14.8 Å². The monoisotopic (exact) mass is 313 g/mol. The average Bonchev–Trinajstić information content (AvgIpc) is 3.13. The highest BCUT2D eigenvalue weighted by Crippen LogP contribution is 2.61. The molecule has 0 radical (unpaired) electrons. The van der Waals surface area contributed by atoms with Crippen LogP contribution in [0.5, 0.6) is 0 Å². The molecule has 2 heterocycles. The fourth-order valence-corrected chi connectivity index (χ4v) is 4.56. The molecule has 3 atom stereocenters. The first-order valence-electron chi connectivity index (χ1n) is 8.27. The molecule has 1 aliphatic heterocycles.